The first-order valence-corrected chi connectivity index (χ1v) is 13.4. The summed E-state index contributed by atoms with van der Waals surface area (Å²) in [6.45, 7) is 3.00. The molecule has 0 aliphatic rings. The molecule has 0 rings (SSSR count). The van der Waals surface area contributed by atoms with E-state index in [-0.39, 0.29) is 0 Å². The maximum absolute atomic E-state index is 9.97. The van der Waals surface area contributed by atoms with Crippen molar-refractivity contribution in [1.29, 1.82) is 0 Å². The van der Waals surface area contributed by atoms with Gasteiger partial charge in [0.05, 0.1) is 12.7 Å². The summed E-state index contributed by atoms with van der Waals surface area (Å²) < 4.78 is 32.5. The Hall–Kier alpha value is 0.154. The first-order chi connectivity index (χ1) is 11.9. The predicted octanol–water partition coefficient (Wildman–Crippen LogP) is 2.56. The number of rotatable bonds is 17. The Morgan fingerprint density at radius 3 is 1.88 bits per heavy atom. The van der Waals surface area contributed by atoms with Crippen LogP contribution in [0.25, 0.3) is 0 Å². The first-order valence-electron chi connectivity index (χ1n) is 8.92. The van der Waals surface area contributed by atoms with Gasteiger partial charge in [-0.25, -0.2) is 0 Å². The second-order valence-corrected chi connectivity index (χ2v) is 12.9. The lowest BCUT2D eigenvalue weighted by atomic mass is 10.1. The minimum atomic E-state index is -2.51. The van der Waals surface area contributed by atoms with Crippen molar-refractivity contribution in [3.05, 3.63) is 0 Å². The standard InChI is InChI=1S/C16H38O7Si2/c1-18-24(6,19-2)13-9-7-8-11-16(17)15-23-12-10-14-25(20-3,21-4)22-5/h16-17H,7-15H2,1-6H3. The molecule has 9 heteroatoms. The third kappa shape index (κ3) is 10.8. The fourth-order valence-corrected chi connectivity index (χ4v) is 5.70. The Balaban J connectivity index is 3.67. The fraction of sp³-hybridized carbons (Fsp3) is 1.00. The Bertz CT molecular complexity index is 305. The summed E-state index contributed by atoms with van der Waals surface area (Å²) in [5, 5.41) is 9.97. The van der Waals surface area contributed by atoms with E-state index in [0.717, 1.165) is 38.1 Å². The minimum absolute atomic E-state index is 0.365. The fourth-order valence-electron chi connectivity index (χ4n) is 2.54. The van der Waals surface area contributed by atoms with E-state index in [9.17, 15) is 5.11 Å². The molecule has 25 heavy (non-hydrogen) atoms. The van der Waals surface area contributed by atoms with Gasteiger partial charge in [0.2, 0.25) is 0 Å². The number of ether oxygens (including phenoxy) is 1. The number of aliphatic hydroxyl groups excluding tert-OH is 1. The van der Waals surface area contributed by atoms with E-state index in [1.165, 1.54) is 0 Å². The maximum atomic E-state index is 9.97. The SMILES string of the molecule is CO[Si](C)(CCCCCC(O)COCCC[Si](OC)(OC)OC)OC. The molecule has 1 N–H and O–H groups in total. The summed E-state index contributed by atoms with van der Waals surface area (Å²) in [5.74, 6) is 0. The molecule has 0 saturated carbocycles. The van der Waals surface area contributed by atoms with E-state index in [1.807, 2.05) is 0 Å². The van der Waals surface area contributed by atoms with Crippen LogP contribution in [0.15, 0.2) is 0 Å². The second kappa shape index (κ2) is 14.2. The van der Waals surface area contributed by atoms with E-state index in [0.29, 0.717) is 19.3 Å². The Morgan fingerprint density at radius 2 is 1.36 bits per heavy atom. The van der Waals surface area contributed by atoms with Gasteiger partial charge in [-0.2, -0.15) is 0 Å². The zero-order valence-electron chi connectivity index (χ0n) is 16.8. The summed E-state index contributed by atoms with van der Waals surface area (Å²) in [7, 11) is 3.80. The van der Waals surface area contributed by atoms with Crippen molar-refractivity contribution in [2.75, 3.05) is 48.8 Å². The van der Waals surface area contributed by atoms with Gasteiger partial charge in [0, 0.05) is 48.2 Å². The maximum Gasteiger partial charge on any atom is 0.500 e. The van der Waals surface area contributed by atoms with Crippen LogP contribution in [0.4, 0.5) is 0 Å². The van der Waals surface area contributed by atoms with Crippen molar-refractivity contribution in [3.63, 3.8) is 0 Å². The largest absolute Gasteiger partial charge is 0.500 e. The summed E-state index contributed by atoms with van der Waals surface area (Å²) in [4.78, 5) is 0. The van der Waals surface area contributed by atoms with Crippen LogP contribution in [0.3, 0.4) is 0 Å². The molecule has 152 valence electrons. The average molecular weight is 399 g/mol. The van der Waals surface area contributed by atoms with Gasteiger partial charge in [-0.3, -0.25) is 0 Å². The van der Waals surface area contributed by atoms with Gasteiger partial charge in [-0.15, -0.1) is 0 Å². The third-order valence-corrected chi connectivity index (χ3v) is 10.4. The predicted molar refractivity (Wildman–Crippen MR) is 102 cm³/mol. The van der Waals surface area contributed by atoms with E-state index in [4.69, 9.17) is 26.9 Å². The van der Waals surface area contributed by atoms with Gasteiger partial charge in [0.15, 0.2) is 0 Å². The molecule has 0 aliphatic heterocycles. The average Bonchev–Trinajstić information content (AvgIpc) is 2.64. The van der Waals surface area contributed by atoms with Crippen molar-refractivity contribution < 1.29 is 32.0 Å². The second-order valence-electron chi connectivity index (χ2n) is 6.27. The topological polar surface area (TPSA) is 75.6 Å². The highest BCUT2D eigenvalue weighted by Crippen LogP contribution is 2.17. The van der Waals surface area contributed by atoms with Crippen molar-refractivity contribution in [1.82, 2.24) is 0 Å². The Morgan fingerprint density at radius 1 is 0.760 bits per heavy atom. The smallest absolute Gasteiger partial charge is 0.398 e. The van der Waals surface area contributed by atoms with Crippen molar-refractivity contribution in [2.45, 2.75) is 56.8 Å². The quantitative estimate of drug-likeness (QED) is 0.298. The number of hydrogen-bond acceptors (Lipinski definition) is 7. The van der Waals surface area contributed by atoms with Gasteiger partial charge in [-0.05, 0) is 25.4 Å². The molecule has 0 spiro atoms. The van der Waals surface area contributed by atoms with Crippen LogP contribution in [0, 0.1) is 0 Å². The molecule has 0 aliphatic carbocycles. The van der Waals surface area contributed by atoms with Crippen LogP contribution < -0.4 is 0 Å². The van der Waals surface area contributed by atoms with Crippen LogP contribution in [-0.4, -0.2) is 77.3 Å². The lowest BCUT2D eigenvalue weighted by Gasteiger charge is -2.24. The summed E-state index contributed by atoms with van der Waals surface area (Å²) in [6, 6.07) is 1.69. The molecule has 0 fully saturated rings. The molecule has 7 nitrogen and oxygen atoms in total. The van der Waals surface area contributed by atoms with E-state index in [1.54, 1.807) is 35.5 Å². The summed E-state index contributed by atoms with van der Waals surface area (Å²) in [6.07, 6.45) is 4.24. The van der Waals surface area contributed by atoms with Gasteiger partial charge in [-0.1, -0.05) is 19.3 Å². The molecule has 0 saturated heterocycles. The summed E-state index contributed by atoms with van der Waals surface area (Å²) in [5.41, 5.74) is 0. The van der Waals surface area contributed by atoms with Crippen molar-refractivity contribution in [2.24, 2.45) is 0 Å². The van der Waals surface area contributed by atoms with Crippen LogP contribution in [0.1, 0.15) is 32.1 Å². The van der Waals surface area contributed by atoms with Crippen molar-refractivity contribution >= 4 is 17.4 Å². The van der Waals surface area contributed by atoms with Crippen molar-refractivity contribution in [3.8, 4) is 0 Å². The molecule has 0 aromatic rings. The lowest BCUT2D eigenvalue weighted by molar-refractivity contribution is 0.0297. The highest BCUT2D eigenvalue weighted by atomic mass is 28.4. The van der Waals surface area contributed by atoms with Gasteiger partial charge in [0.25, 0.3) is 0 Å². The highest BCUT2D eigenvalue weighted by molar-refractivity contribution is 6.65. The zero-order valence-corrected chi connectivity index (χ0v) is 18.8. The Kier molecular flexibility index (Phi) is 14.3. The molecular formula is C16H38O7Si2. The molecule has 0 bridgehead atoms. The molecule has 0 aromatic carbocycles. The molecule has 0 radical (unpaired) electrons. The summed E-state index contributed by atoms with van der Waals surface area (Å²) >= 11 is 0. The third-order valence-electron chi connectivity index (χ3n) is 4.55. The molecule has 1 unspecified atom stereocenters. The van der Waals surface area contributed by atoms with Gasteiger partial charge < -0.3 is 32.0 Å². The highest BCUT2D eigenvalue weighted by Gasteiger charge is 2.36. The molecule has 1 atom stereocenters. The molecular weight excluding hydrogens is 360 g/mol. The van der Waals surface area contributed by atoms with E-state index >= 15 is 0 Å². The van der Waals surface area contributed by atoms with Gasteiger partial charge in [0.1, 0.15) is 0 Å². The molecule has 0 heterocycles. The van der Waals surface area contributed by atoms with E-state index in [2.05, 4.69) is 6.55 Å². The Labute approximate surface area is 155 Å². The van der Waals surface area contributed by atoms with E-state index < -0.39 is 23.5 Å². The lowest BCUT2D eigenvalue weighted by Crippen LogP contribution is -2.42. The minimum Gasteiger partial charge on any atom is -0.398 e. The number of aliphatic hydroxyl groups is 1. The monoisotopic (exact) mass is 398 g/mol. The number of unbranched alkanes of at least 4 members (excludes halogenated alkanes) is 2. The van der Waals surface area contributed by atoms with Crippen LogP contribution in [0.2, 0.25) is 18.6 Å². The zero-order chi connectivity index (χ0) is 19.2. The van der Waals surface area contributed by atoms with Crippen LogP contribution >= 0.6 is 0 Å². The van der Waals surface area contributed by atoms with Gasteiger partial charge >= 0.3 is 17.4 Å². The van der Waals surface area contributed by atoms with Crippen LogP contribution in [-0.2, 0) is 26.9 Å². The normalized spacial score (nSPS) is 14.0. The molecule has 0 aromatic heterocycles. The first kappa shape index (κ1) is 25.2. The number of hydrogen-bond donors (Lipinski definition) is 1. The van der Waals surface area contributed by atoms with Crippen LogP contribution in [0.5, 0.6) is 0 Å². The molecule has 0 amide bonds.